The molecule has 5 heteroatoms. The van der Waals surface area contributed by atoms with Crippen LogP contribution in [0.5, 0.6) is 0 Å². The Morgan fingerprint density at radius 2 is 2.06 bits per heavy atom. The summed E-state index contributed by atoms with van der Waals surface area (Å²) in [5, 5.41) is 13.2. The van der Waals surface area contributed by atoms with E-state index < -0.39 is 0 Å². The van der Waals surface area contributed by atoms with E-state index in [9.17, 15) is 4.79 Å². The zero-order valence-electron chi connectivity index (χ0n) is 9.76. The van der Waals surface area contributed by atoms with E-state index in [-0.39, 0.29) is 5.91 Å². The molecule has 0 unspecified atom stereocenters. The Balaban J connectivity index is 2.02. The van der Waals surface area contributed by atoms with Gasteiger partial charge < -0.3 is 10.6 Å². The highest BCUT2D eigenvalue weighted by Gasteiger charge is 2.20. The molecule has 0 bridgehead atoms. The fourth-order valence-electron chi connectivity index (χ4n) is 2.11. The number of amides is 1. The topological polar surface area (TPSA) is 69.8 Å². The van der Waals surface area contributed by atoms with Crippen molar-refractivity contribution in [3.8, 4) is 0 Å². The highest BCUT2D eigenvalue weighted by atomic mass is 16.1. The second-order valence-corrected chi connectivity index (χ2v) is 4.31. The molecule has 1 aliphatic heterocycles. The average molecular weight is 222 g/mol. The number of carbonyl (C=O) groups is 1. The number of carbonyl (C=O) groups excluding carboxylic acids is 1. The SMILES string of the molecule is Cc1n[nH]c(C)c1C(=O)NC1CCNCC1. The molecule has 1 saturated heterocycles. The van der Waals surface area contributed by atoms with E-state index in [1.165, 1.54) is 0 Å². The first kappa shape index (κ1) is 11.1. The number of nitrogens with zero attached hydrogens (tertiary/aromatic N) is 1. The van der Waals surface area contributed by atoms with Gasteiger partial charge in [-0.1, -0.05) is 0 Å². The molecule has 2 heterocycles. The van der Waals surface area contributed by atoms with Crippen LogP contribution in [0.4, 0.5) is 0 Å². The summed E-state index contributed by atoms with van der Waals surface area (Å²) < 4.78 is 0. The largest absolute Gasteiger partial charge is 0.349 e. The predicted molar refractivity (Wildman–Crippen MR) is 61.4 cm³/mol. The molecule has 0 saturated carbocycles. The highest BCUT2D eigenvalue weighted by molar-refractivity contribution is 5.96. The minimum absolute atomic E-state index is 0.00403. The second-order valence-electron chi connectivity index (χ2n) is 4.31. The Labute approximate surface area is 95.0 Å². The standard InChI is InChI=1S/C11H18N4O/c1-7-10(8(2)15-14-7)11(16)13-9-3-5-12-6-4-9/h9,12H,3-6H2,1-2H3,(H,13,16)(H,14,15). The van der Waals surface area contributed by atoms with Crippen LogP contribution in [0.15, 0.2) is 0 Å². The third-order valence-corrected chi connectivity index (χ3v) is 3.03. The number of rotatable bonds is 2. The van der Waals surface area contributed by atoms with E-state index in [1.54, 1.807) is 0 Å². The summed E-state index contributed by atoms with van der Waals surface area (Å²) in [7, 11) is 0. The number of piperidine rings is 1. The summed E-state index contributed by atoms with van der Waals surface area (Å²) in [4.78, 5) is 12.0. The van der Waals surface area contributed by atoms with Gasteiger partial charge in [0.05, 0.1) is 11.3 Å². The van der Waals surface area contributed by atoms with Gasteiger partial charge in [0, 0.05) is 11.7 Å². The van der Waals surface area contributed by atoms with Crippen molar-refractivity contribution in [2.24, 2.45) is 0 Å². The fraction of sp³-hybridized carbons (Fsp3) is 0.636. The van der Waals surface area contributed by atoms with Crippen LogP contribution in [-0.4, -0.2) is 35.2 Å². The third-order valence-electron chi connectivity index (χ3n) is 3.03. The first-order valence-corrected chi connectivity index (χ1v) is 5.71. The Morgan fingerprint density at radius 1 is 1.38 bits per heavy atom. The van der Waals surface area contributed by atoms with Crippen LogP contribution in [0.25, 0.3) is 0 Å². The summed E-state index contributed by atoms with van der Waals surface area (Å²) >= 11 is 0. The number of aromatic amines is 1. The van der Waals surface area contributed by atoms with Crippen molar-refractivity contribution < 1.29 is 4.79 Å². The minimum atomic E-state index is -0.00403. The summed E-state index contributed by atoms with van der Waals surface area (Å²) in [5.41, 5.74) is 2.30. The Hall–Kier alpha value is -1.36. The molecular formula is C11H18N4O. The second kappa shape index (κ2) is 4.65. The van der Waals surface area contributed by atoms with Crippen LogP contribution in [0.2, 0.25) is 0 Å². The molecule has 1 aromatic rings. The molecule has 1 fully saturated rings. The third kappa shape index (κ3) is 2.24. The summed E-state index contributed by atoms with van der Waals surface area (Å²) in [6, 6.07) is 0.294. The van der Waals surface area contributed by atoms with Crippen LogP contribution in [0.1, 0.15) is 34.6 Å². The molecule has 88 valence electrons. The van der Waals surface area contributed by atoms with Crippen molar-refractivity contribution in [1.29, 1.82) is 0 Å². The van der Waals surface area contributed by atoms with Crippen molar-refractivity contribution in [3.05, 3.63) is 17.0 Å². The van der Waals surface area contributed by atoms with Crippen LogP contribution >= 0.6 is 0 Å². The lowest BCUT2D eigenvalue weighted by Crippen LogP contribution is -2.42. The van der Waals surface area contributed by atoms with Gasteiger partial charge in [0.2, 0.25) is 0 Å². The highest BCUT2D eigenvalue weighted by Crippen LogP contribution is 2.10. The van der Waals surface area contributed by atoms with Crippen LogP contribution in [0, 0.1) is 13.8 Å². The Morgan fingerprint density at radius 3 is 2.62 bits per heavy atom. The molecular weight excluding hydrogens is 204 g/mol. The maximum atomic E-state index is 12.0. The minimum Gasteiger partial charge on any atom is -0.349 e. The Kier molecular flexibility index (Phi) is 3.24. The van der Waals surface area contributed by atoms with E-state index in [0.717, 1.165) is 37.3 Å². The zero-order chi connectivity index (χ0) is 11.5. The molecule has 0 aliphatic carbocycles. The van der Waals surface area contributed by atoms with Gasteiger partial charge in [-0.25, -0.2) is 0 Å². The van der Waals surface area contributed by atoms with Gasteiger partial charge in [-0.3, -0.25) is 9.89 Å². The van der Waals surface area contributed by atoms with Crippen molar-refractivity contribution in [1.82, 2.24) is 20.8 Å². The van der Waals surface area contributed by atoms with Gasteiger partial charge in [0.25, 0.3) is 5.91 Å². The first-order chi connectivity index (χ1) is 7.68. The molecule has 0 spiro atoms. The van der Waals surface area contributed by atoms with Gasteiger partial charge in [-0.2, -0.15) is 5.10 Å². The summed E-state index contributed by atoms with van der Waals surface area (Å²) in [5.74, 6) is -0.00403. The molecule has 0 aromatic carbocycles. The monoisotopic (exact) mass is 222 g/mol. The van der Waals surface area contributed by atoms with Gasteiger partial charge in [-0.05, 0) is 39.8 Å². The molecule has 1 aliphatic rings. The van der Waals surface area contributed by atoms with Crippen molar-refractivity contribution in [3.63, 3.8) is 0 Å². The van der Waals surface area contributed by atoms with Crippen molar-refractivity contribution in [2.45, 2.75) is 32.7 Å². The first-order valence-electron chi connectivity index (χ1n) is 5.71. The van der Waals surface area contributed by atoms with Gasteiger partial charge in [-0.15, -0.1) is 0 Å². The number of aromatic nitrogens is 2. The number of hydrogen-bond acceptors (Lipinski definition) is 3. The Bertz CT molecular complexity index is 360. The normalized spacial score (nSPS) is 17.4. The number of hydrogen-bond donors (Lipinski definition) is 3. The van der Waals surface area contributed by atoms with Gasteiger partial charge in [0.1, 0.15) is 0 Å². The molecule has 3 N–H and O–H groups in total. The zero-order valence-corrected chi connectivity index (χ0v) is 9.76. The number of H-pyrrole nitrogens is 1. The molecule has 2 rings (SSSR count). The van der Waals surface area contributed by atoms with E-state index in [4.69, 9.17) is 0 Å². The fourth-order valence-corrected chi connectivity index (χ4v) is 2.11. The lowest BCUT2D eigenvalue weighted by atomic mass is 10.1. The van der Waals surface area contributed by atoms with Crippen molar-refractivity contribution >= 4 is 5.91 Å². The lowest BCUT2D eigenvalue weighted by molar-refractivity contribution is 0.0928. The van der Waals surface area contributed by atoms with Crippen LogP contribution in [0.3, 0.4) is 0 Å². The maximum absolute atomic E-state index is 12.0. The smallest absolute Gasteiger partial charge is 0.255 e. The van der Waals surface area contributed by atoms with Crippen LogP contribution in [-0.2, 0) is 0 Å². The number of aryl methyl sites for hydroxylation is 2. The molecule has 16 heavy (non-hydrogen) atoms. The predicted octanol–water partition coefficient (Wildman–Crippen LogP) is 0.508. The molecule has 1 amide bonds. The van der Waals surface area contributed by atoms with E-state index in [2.05, 4.69) is 20.8 Å². The molecule has 1 aromatic heterocycles. The van der Waals surface area contributed by atoms with Gasteiger partial charge in [0.15, 0.2) is 0 Å². The summed E-state index contributed by atoms with van der Waals surface area (Å²) in [6.07, 6.45) is 2.00. The van der Waals surface area contributed by atoms with Crippen LogP contribution < -0.4 is 10.6 Å². The average Bonchev–Trinajstić information content (AvgIpc) is 2.60. The molecule has 5 nitrogen and oxygen atoms in total. The lowest BCUT2D eigenvalue weighted by Gasteiger charge is -2.23. The molecule has 0 atom stereocenters. The van der Waals surface area contributed by atoms with Crippen molar-refractivity contribution in [2.75, 3.05) is 13.1 Å². The van der Waals surface area contributed by atoms with E-state index in [1.807, 2.05) is 13.8 Å². The number of nitrogens with one attached hydrogen (secondary N) is 3. The quantitative estimate of drug-likeness (QED) is 0.683. The molecule has 0 radical (unpaired) electrons. The van der Waals surface area contributed by atoms with Gasteiger partial charge >= 0.3 is 0 Å². The van der Waals surface area contributed by atoms with E-state index >= 15 is 0 Å². The maximum Gasteiger partial charge on any atom is 0.255 e. The summed E-state index contributed by atoms with van der Waals surface area (Å²) in [6.45, 7) is 5.68. The van der Waals surface area contributed by atoms with E-state index in [0.29, 0.717) is 11.6 Å².